The lowest BCUT2D eigenvalue weighted by atomic mass is 9.86. The monoisotopic (exact) mass is 615 g/mol. The van der Waals surface area contributed by atoms with Crippen LogP contribution in [-0.4, -0.2) is 71.8 Å². The van der Waals surface area contributed by atoms with E-state index in [1.54, 1.807) is 0 Å². The van der Waals surface area contributed by atoms with Gasteiger partial charge in [-0.2, -0.15) is 0 Å². The number of likely N-dealkylation sites (N-methyl/N-ethyl adjacent to an activating group) is 1. The van der Waals surface area contributed by atoms with E-state index in [-0.39, 0.29) is 23.3 Å². The summed E-state index contributed by atoms with van der Waals surface area (Å²) in [6.45, 7) is 11.5. The van der Waals surface area contributed by atoms with Gasteiger partial charge in [0.2, 0.25) is 5.91 Å². The molecule has 1 aromatic heterocycles. The molecule has 1 unspecified atom stereocenters. The molecule has 2 aliphatic rings. The molecule has 9 heteroatoms. The molecule has 3 aromatic rings. The molecule has 0 saturated carbocycles. The molecule has 2 aliphatic heterocycles. The molecule has 3 heterocycles. The molecular formula is C36H49N5O4. The van der Waals surface area contributed by atoms with Crippen molar-refractivity contribution in [3.63, 3.8) is 0 Å². The van der Waals surface area contributed by atoms with Gasteiger partial charge in [0.25, 0.3) is 5.91 Å². The highest BCUT2D eigenvalue weighted by Gasteiger charge is 2.31. The highest BCUT2D eigenvalue weighted by molar-refractivity contribution is 6.08. The molecule has 2 aromatic carbocycles. The van der Waals surface area contributed by atoms with Gasteiger partial charge in [-0.3, -0.25) is 24.2 Å². The van der Waals surface area contributed by atoms with Crippen LogP contribution < -0.4 is 15.4 Å². The number of nitrogens with one attached hydrogen (secondary N) is 2. The first-order valence-electron chi connectivity index (χ1n) is 16.2. The van der Waals surface area contributed by atoms with E-state index in [4.69, 9.17) is 4.74 Å². The Hall–Kier alpha value is -3.69. The average molecular weight is 616 g/mol. The number of Topliss-reactive ketones (excluding diaryl/α,β-unsaturated/α-hetero) is 1. The van der Waals surface area contributed by atoms with E-state index < -0.39 is 0 Å². The summed E-state index contributed by atoms with van der Waals surface area (Å²) in [5, 5.41) is 6.93. The fourth-order valence-electron chi connectivity index (χ4n) is 7.02. The highest BCUT2D eigenvalue weighted by Crippen LogP contribution is 2.39. The van der Waals surface area contributed by atoms with Gasteiger partial charge in [-0.1, -0.05) is 39.0 Å². The number of fused-ring (bicyclic) bond motifs is 1. The Morgan fingerprint density at radius 1 is 0.956 bits per heavy atom. The highest BCUT2D eigenvalue weighted by atomic mass is 16.5. The summed E-state index contributed by atoms with van der Waals surface area (Å²) in [4.78, 5) is 43.3. The van der Waals surface area contributed by atoms with Crippen molar-refractivity contribution in [1.82, 2.24) is 14.4 Å². The number of methoxy groups -OCH3 is 1. The SMILES string of the molecule is COc1c(NC(C)=O)cc(C(C)(C)C)cc1NC(=O)c1cc2cccc(CN3CCC(CC(=O)C4CCCN4C)CC3)c2n1C. The van der Waals surface area contributed by atoms with Crippen molar-refractivity contribution < 1.29 is 19.1 Å². The summed E-state index contributed by atoms with van der Waals surface area (Å²) in [7, 11) is 5.54. The number of benzene rings is 2. The molecule has 2 N–H and O–H groups in total. The smallest absolute Gasteiger partial charge is 0.272 e. The molecule has 0 bridgehead atoms. The van der Waals surface area contributed by atoms with Gasteiger partial charge in [0.15, 0.2) is 5.75 Å². The van der Waals surface area contributed by atoms with Crippen molar-refractivity contribution in [2.24, 2.45) is 13.0 Å². The Morgan fingerprint density at radius 3 is 2.24 bits per heavy atom. The third-order valence-corrected chi connectivity index (χ3v) is 9.57. The summed E-state index contributed by atoms with van der Waals surface area (Å²) in [5.74, 6) is 0.820. The number of aryl methyl sites for hydroxylation is 1. The third kappa shape index (κ3) is 7.25. The quantitative estimate of drug-likeness (QED) is 0.309. The third-order valence-electron chi connectivity index (χ3n) is 9.57. The maximum absolute atomic E-state index is 13.8. The summed E-state index contributed by atoms with van der Waals surface area (Å²) < 4.78 is 7.64. The van der Waals surface area contributed by atoms with Gasteiger partial charge in [-0.15, -0.1) is 0 Å². The first-order chi connectivity index (χ1) is 21.3. The Balaban J connectivity index is 1.32. The largest absolute Gasteiger partial charge is 0.492 e. The number of piperidine rings is 1. The Bertz CT molecular complexity index is 1580. The number of hydrogen-bond acceptors (Lipinski definition) is 6. The zero-order valence-corrected chi connectivity index (χ0v) is 28.0. The Morgan fingerprint density at radius 2 is 1.64 bits per heavy atom. The molecule has 2 saturated heterocycles. The molecule has 0 radical (unpaired) electrons. The number of ketones is 1. The second-order valence-corrected chi connectivity index (χ2v) is 14.0. The number of hydrogen-bond donors (Lipinski definition) is 2. The molecule has 0 spiro atoms. The van der Waals surface area contributed by atoms with Crippen LogP contribution in [0.5, 0.6) is 5.75 Å². The molecule has 45 heavy (non-hydrogen) atoms. The lowest BCUT2D eigenvalue weighted by Gasteiger charge is -2.32. The molecular weight excluding hydrogens is 566 g/mol. The fourth-order valence-corrected chi connectivity index (χ4v) is 7.02. The van der Waals surface area contributed by atoms with Gasteiger partial charge >= 0.3 is 0 Å². The minimum Gasteiger partial charge on any atom is -0.492 e. The number of nitrogens with zero attached hydrogens (tertiary/aromatic N) is 3. The van der Waals surface area contributed by atoms with Crippen molar-refractivity contribution in [3.8, 4) is 5.75 Å². The second kappa shape index (κ2) is 13.3. The van der Waals surface area contributed by atoms with Crippen LogP contribution in [0.25, 0.3) is 10.9 Å². The standard InChI is InChI=1S/C36H49N5O4/c1-23(42)37-28-20-27(36(2,3)4)21-29(34(28)45-7)38-35(44)31-19-25-10-8-11-26(33(25)40(31)6)22-41-16-13-24(14-17-41)18-32(43)30-12-9-15-39(30)5/h8,10-11,19-21,24,30H,9,12-18,22H2,1-7H3,(H,37,42)(H,38,44). The average Bonchev–Trinajstić information content (AvgIpc) is 3.56. The first-order valence-corrected chi connectivity index (χ1v) is 16.2. The van der Waals surface area contributed by atoms with Crippen LogP contribution in [-0.2, 0) is 28.6 Å². The number of aromatic nitrogens is 1. The van der Waals surface area contributed by atoms with Crippen molar-refractivity contribution >= 4 is 39.9 Å². The number of rotatable bonds is 9. The summed E-state index contributed by atoms with van der Waals surface area (Å²) >= 11 is 0. The number of anilines is 2. The lowest BCUT2D eigenvalue weighted by Crippen LogP contribution is -2.37. The molecule has 2 fully saturated rings. The minimum atomic E-state index is -0.254. The summed E-state index contributed by atoms with van der Waals surface area (Å²) in [6, 6.07) is 12.1. The maximum Gasteiger partial charge on any atom is 0.272 e. The molecule has 5 rings (SSSR count). The molecule has 9 nitrogen and oxygen atoms in total. The van der Waals surface area contributed by atoms with Gasteiger partial charge in [-0.25, -0.2) is 0 Å². The van der Waals surface area contributed by atoms with E-state index in [2.05, 4.69) is 60.4 Å². The number of carbonyl (C=O) groups is 3. The van der Waals surface area contributed by atoms with Crippen LogP contribution in [0.1, 0.15) is 81.4 Å². The van der Waals surface area contributed by atoms with Crippen LogP contribution >= 0.6 is 0 Å². The van der Waals surface area contributed by atoms with Gasteiger partial charge in [0.05, 0.1) is 30.0 Å². The van der Waals surface area contributed by atoms with Crippen LogP contribution in [0.4, 0.5) is 11.4 Å². The van der Waals surface area contributed by atoms with Crippen LogP contribution in [0, 0.1) is 5.92 Å². The normalized spacial score (nSPS) is 18.3. The van der Waals surface area contributed by atoms with Crippen LogP contribution in [0.2, 0.25) is 0 Å². The fraction of sp³-hybridized carbons (Fsp3) is 0.528. The van der Waals surface area contributed by atoms with Crippen LogP contribution in [0.15, 0.2) is 36.4 Å². The van der Waals surface area contributed by atoms with Crippen molar-refractivity contribution in [3.05, 3.63) is 53.2 Å². The summed E-state index contributed by atoms with van der Waals surface area (Å²) in [5.41, 5.74) is 4.52. The molecule has 1 atom stereocenters. The van der Waals surface area contributed by atoms with E-state index in [0.717, 1.165) is 68.3 Å². The minimum absolute atomic E-state index is 0.118. The number of amides is 2. The zero-order chi connectivity index (χ0) is 32.5. The van der Waals surface area contributed by atoms with Crippen molar-refractivity contribution in [1.29, 1.82) is 0 Å². The summed E-state index contributed by atoms with van der Waals surface area (Å²) in [6.07, 6.45) is 4.90. The van der Waals surface area contributed by atoms with E-state index in [9.17, 15) is 14.4 Å². The predicted molar refractivity (Wildman–Crippen MR) is 180 cm³/mol. The van der Waals surface area contributed by atoms with E-state index in [0.29, 0.717) is 40.9 Å². The number of ether oxygens (including phenoxy) is 1. The Kier molecular flexibility index (Phi) is 9.70. The number of carbonyl (C=O) groups excluding carboxylic acids is 3. The van der Waals surface area contributed by atoms with Crippen molar-refractivity contribution in [2.45, 2.75) is 77.8 Å². The second-order valence-electron chi connectivity index (χ2n) is 14.0. The van der Waals surface area contributed by atoms with Gasteiger partial charge < -0.3 is 19.9 Å². The molecule has 242 valence electrons. The van der Waals surface area contributed by atoms with Gasteiger partial charge in [0, 0.05) is 32.3 Å². The predicted octanol–water partition coefficient (Wildman–Crippen LogP) is 5.96. The zero-order valence-electron chi connectivity index (χ0n) is 28.0. The molecule has 0 aliphatic carbocycles. The van der Waals surface area contributed by atoms with Crippen LogP contribution in [0.3, 0.4) is 0 Å². The number of likely N-dealkylation sites (tertiary alicyclic amines) is 2. The van der Waals surface area contributed by atoms with E-state index >= 15 is 0 Å². The van der Waals surface area contributed by atoms with Gasteiger partial charge in [-0.05, 0) is 93.0 Å². The number of para-hydroxylation sites is 1. The van der Waals surface area contributed by atoms with E-state index in [1.807, 2.05) is 35.9 Å². The lowest BCUT2D eigenvalue weighted by molar-refractivity contribution is -0.124. The van der Waals surface area contributed by atoms with Gasteiger partial charge in [0.1, 0.15) is 11.5 Å². The Labute approximate surface area is 267 Å². The maximum atomic E-state index is 13.8. The molecule has 2 amide bonds. The first kappa shape index (κ1) is 32.7. The van der Waals surface area contributed by atoms with E-state index in [1.165, 1.54) is 19.6 Å². The topological polar surface area (TPSA) is 95.9 Å². The van der Waals surface area contributed by atoms with Crippen molar-refractivity contribution in [2.75, 3.05) is 44.4 Å².